The number of rotatable bonds is 2. The third-order valence-electron chi connectivity index (χ3n) is 2.28. The number of pyridine rings is 1. The summed E-state index contributed by atoms with van der Waals surface area (Å²) in [6.07, 6.45) is 2.89. The number of anilines is 2. The van der Waals surface area contributed by atoms with Crippen molar-refractivity contribution in [1.82, 2.24) is 4.98 Å². The lowest BCUT2D eigenvalue weighted by molar-refractivity contribution is 0.102. The molecule has 92 valence electrons. The summed E-state index contributed by atoms with van der Waals surface area (Å²) < 4.78 is 0. The summed E-state index contributed by atoms with van der Waals surface area (Å²) in [4.78, 5) is 15.8. The highest BCUT2D eigenvalue weighted by molar-refractivity contribution is 6.34. The Morgan fingerprint density at radius 3 is 2.78 bits per heavy atom. The summed E-state index contributed by atoms with van der Waals surface area (Å²) in [5.74, 6) is -0.364. The second kappa shape index (κ2) is 5.25. The third-order valence-corrected chi connectivity index (χ3v) is 2.82. The van der Waals surface area contributed by atoms with E-state index in [4.69, 9.17) is 28.9 Å². The highest BCUT2D eigenvalue weighted by Gasteiger charge is 2.11. The first kappa shape index (κ1) is 12.7. The van der Waals surface area contributed by atoms with Crippen LogP contribution in [0.5, 0.6) is 0 Å². The van der Waals surface area contributed by atoms with Gasteiger partial charge in [0.2, 0.25) is 0 Å². The van der Waals surface area contributed by atoms with E-state index >= 15 is 0 Å². The van der Waals surface area contributed by atoms with Crippen LogP contribution in [-0.2, 0) is 0 Å². The number of nitrogens with two attached hydrogens (primary N) is 1. The van der Waals surface area contributed by atoms with E-state index in [1.807, 2.05) is 0 Å². The molecule has 0 saturated carbocycles. The molecule has 0 unspecified atom stereocenters. The first-order valence-corrected chi connectivity index (χ1v) is 5.79. The van der Waals surface area contributed by atoms with Crippen LogP contribution in [0.1, 0.15) is 10.4 Å². The lowest BCUT2D eigenvalue weighted by Gasteiger charge is -2.09. The summed E-state index contributed by atoms with van der Waals surface area (Å²) in [6.45, 7) is 0. The van der Waals surface area contributed by atoms with Gasteiger partial charge in [0.15, 0.2) is 0 Å². The van der Waals surface area contributed by atoms with Gasteiger partial charge in [0.25, 0.3) is 5.91 Å². The molecular weight excluding hydrogens is 273 g/mol. The number of aromatic nitrogens is 1. The third kappa shape index (κ3) is 2.72. The number of carbonyl (C=O) groups excluding carboxylic acids is 1. The van der Waals surface area contributed by atoms with E-state index in [2.05, 4.69) is 10.3 Å². The summed E-state index contributed by atoms with van der Waals surface area (Å²) in [5, 5.41) is 3.41. The van der Waals surface area contributed by atoms with Gasteiger partial charge in [-0.1, -0.05) is 23.2 Å². The van der Waals surface area contributed by atoms with Gasteiger partial charge in [-0.15, -0.1) is 0 Å². The number of nitrogens with one attached hydrogen (secondary N) is 1. The van der Waals surface area contributed by atoms with Gasteiger partial charge < -0.3 is 11.1 Å². The molecule has 0 saturated heterocycles. The summed E-state index contributed by atoms with van der Waals surface area (Å²) in [7, 11) is 0. The van der Waals surface area contributed by atoms with Crippen LogP contribution in [-0.4, -0.2) is 10.9 Å². The summed E-state index contributed by atoms with van der Waals surface area (Å²) in [6, 6.07) is 6.36. The molecule has 2 aromatic rings. The van der Waals surface area contributed by atoms with Gasteiger partial charge in [-0.3, -0.25) is 9.78 Å². The van der Waals surface area contributed by atoms with Gasteiger partial charge in [-0.25, -0.2) is 0 Å². The van der Waals surface area contributed by atoms with Crippen LogP contribution in [0.4, 0.5) is 11.4 Å². The largest absolute Gasteiger partial charge is 0.397 e. The zero-order chi connectivity index (χ0) is 13.1. The molecule has 3 N–H and O–H groups in total. The Kier molecular flexibility index (Phi) is 3.69. The lowest BCUT2D eigenvalue weighted by atomic mass is 10.2. The molecule has 1 aromatic carbocycles. The van der Waals surface area contributed by atoms with Crippen molar-refractivity contribution < 1.29 is 4.79 Å². The standard InChI is InChI=1S/C12H9Cl2N3O/c13-7-1-2-10(15)11(5-7)17-12(18)8-3-4-16-6-9(8)14/h1-6H,15H2,(H,17,18). The molecule has 0 aliphatic rings. The van der Waals surface area contributed by atoms with Crippen molar-refractivity contribution in [3.05, 3.63) is 52.3 Å². The Morgan fingerprint density at radius 2 is 2.06 bits per heavy atom. The fourth-order valence-corrected chi connectivity index (χ4v) is 1.76. The fourth-order valence-electron chi connectivity index (χ4n) is 1.39. The number of nitrogens with zero attached hydrogens (tertiary/aromatic N) is 1. The minimum Gasteiger partial charge on any atom is -0.397 e. The maximum absolute atomic E-state index is 12.0. The van der Waals surface area contributed by atoms with Gasteiger partial charge in [0, 0.05) is 17.4 Å². The number of carbonyl (C=O) groups is 1. The second-order valence-electron chi connectivity index (χ2n) is 3.54. The van der Waals surface area contributed by atoms with Crippen LogP contribution >= 0.6 is 23.2 Å². The van der Waals surface area contributed by atoms with Crippen LogP contribution in [0.25, 0.3) is 0 Å². The Bertz CT molecular complexity index is 602. The van der Waals surface area contributed by atoms with E-state index in [9.17, 15) is 4.79 Å². The maximum atomic E-state index is 12.0. The number of hydrogen-bond acceptors (Lipinski definition) is 3. The average molecular weight is 282 g/mol. The maximum Gasteiger partial charge on any atom is 0.257 e. The minimum atomic E-state index is -0.364. The molecule has 0 atom stereocenters. The molecular formula is C12H9Cl2N3O. The van der Waals surface area contributed by atoms with E-state index in [-0.39, 0.29) is 10.9 Å². The van der Waals surface area contributed by atoms with Gasteiger partial charge >= 0.3 is 0 Å². The molecule has 18 heavy (non-hydrogen) atoms. The van der Waals surface area contributed by atoms with Crippen molar-refractivity contribution in [2.24, 2.45) is 0 Å². The smallest absolute Gasteiger partial charge is 0.257 e. The van der Waals surface area contributed by atoms with Crippen molar-refractivity contribution in [3.63, 3.8) is 0 Å². The highest BCUT2D eigenvalue weighted by atomic mass is 35.5. The van der Waals surface area contributed by atoms with E-state index in [0.717, 1.165) is 0 Å². The molecule has 0 aliphatic heterocycles. The molecule has 1 amide bonds. The number of halogens is 2. The van der Waals surface area contributed by atoms with Crippen LogP contribution in [0.2, 0.25) is 10.0 Å². The molecule has 0 radical (unpaired) electrons. The number of benzene rings is 1. The van der Waals surface area contributed by atoms with Crippen molar-refractivity contribution in [2.45, 2.75) is 0 Å². The van der Waals surface area contributed by atoms with E-state index < -0.39 is 0 Å². The molecule has 4 nitrogen and oxygen atoms in total. The molecule has 1 heterocycles. The normalized spacial score (nSPS) is 10.1. The Hall–Kier alpha value is -1.78. The number of amides is 1. The first-order valence-electron chi connectivity index (χ1n) is 5.04. The first-order chi connectivity index (χ1) is 8.58. The molecule has 1 aromatic heterocycles. The van der Waals surface area contributed by atoms with Crippen molar-refractivity contribution in [2.75, 3.05) is 11.1 Å². The Balaban J connectivity index is 2.27. The molecule has 0 bridgehead atoms. The fraction of sp³-hybridized carbons (Fsp3) is 0. The van der Waals surface area contributed by atoms with Crippen LogP contribution in [0.3, 0.4) is 0 Å². The SMILES string of the molecule is Nc1ccc(Cl)cc1NC(=O)c1ccncc1Cl. The average Bonchev–Trinajstić information content (AvgIpc) is 2.34. The molecule has 2 rings (SSSR count). The van der Waals surface area contributed by atoms with Crippen molar-refractivity contribution in [1.29, 1.82) is 0 Å². The molecule has 6 heteroatoms. The second-order valence-corrected chi connectivity index (χ2v) is 4.38. The van der Waals surface area contributed by atoms with E-state index in [0.29, 0.717) is 22.0 Å². The zero-order valence-corrected chi connectivity index (χ0v) is 10.7. The molecule has 0 fully saturated rings. The lowest BCUT2D eigenvalue weighted by Crippen LogP contribution is -2.13. The van der Waals surface area contributed by atoms with Gasteiger partial charge in [0.1, 0.15) is 0 Å². The van der Waals surface area contributed by atoms with Gasteiger partial charge in [0.05, 0.1) is 22.0 Å². The zero-order valence-electron chi connectivity index (χ0n) is 9.15. The Morgan fingerprint density at radius 1 is 1.28 bits per heavy atom. The summed E-state index contributed by atoms with van der Waals surface area (Å²) in [5.41, 5.74) is 6.93. The number of nitrogen functional groups attached to an aromatic ring is 1. The van der Waals surface area contributed by atoms with Crippen LogP contribution < -0.4 is 11.1 Å². The predicted molar refractivity (Wildman–Crippen MR) is 73.1 cm³/mol. The van der Waals surface area contributed by atoms with Crippen molar-refractivity contribution in [3.8, 4) is 0 Å². The van der Waals surface area contributed by atoms with E-state index in [1.165, 1.54) is 18.5 Å². The highest BCUT2D eigenvalue weighted by Crippen LogP contribution is 2.24. The van der Waals surface area contributed by atoms with Crippen LogP contribution in [0, 0.1) is 0 Å². The quantitative estimate of drug-likeness (QED) is 0.831. The van der Waals surface area contributed by atoms with Gasteiger partial charge in [-0.2, -0.15) is 0 Å². The van der Waals surface area contributed by atoms with E-state index in [1.54, 1.807) is 18.2 Å². The van der Waals surface area contributed by atoms with Gasteiger partial charge in [-0.05, 0) is 24.3 Å². The summed E-state index contributed by atoms with van der Waals surface area (Å²) >= 11 is 11.7. The predicted octanol–water partition coefficient (Wildman–Crippen LogP) is 3.22. The Labute approximate surface area is 114 Å². The topological polar surface area (TPSA) is 68.0 Å². The minimum absolute atomic E-state index is 0.274. The molecule has 0 aliphatic carbocycles. The molecule has 0 spiro atoms. The van der Waals surface area contributed by atoms with Crippen molar-refractivity contribution >= 4 is 40.5 Å². The number of hydrogen-bond donors (Lipinski definition) is 2. The van der Waals surface area contributed by atoms with Crippen LogP contribution in [0.15, 0.2) is 36.7 Å². The monoisotopic (exact) mass is 281 g/mol.